The minimum Gasteiger partial charge on any atom is -0.311 e. The minimum absolute atomic E-state index is 0.269. The van der Waals surface area contributed by atoms with Crippen LogP contribution >= 0.6 is 15.9 Å². The molecule has 0 radical (unpaired) electrons. The molecule has 1 aromatic heterocycles. The third-order valence-corrected chi connectivity index (χ3v) is 2.92. The third kappa shape index (κ3) is 3.76. The predicted octanol–water partition coefficient (Wildman–Crippen LogP) is 3.46. The summed E-state index contributed by atoms with van der Waals surface area (Å²) in [4.78, 5) is 4.39. The molecule has 1 aromatic rings. The van der Waals surface area contributed by atoms with Crippen molar-refractivity contribution in [2.24, 2.45) is 0 Å². The lowest BCUT2D eigenvalue weighted by Crippen LogP contribution is -2.18. The maximum atomic E-state index is 4.39. The summed E-state index contributed by atoms with van der Waals surface area (Å²) in [6.45, 7) is 6.16. The van der Waals surface area contributed by atoms with Gasteiger partial charge in [0, 0.05) is 10.7 Å². The van der Waals surface area contributed by atoms with E-state index in [0.717, 1.165) is 23.0 Å². The van der Waals surface area contributed by atoms with Crippen molar-refractivity contribution in [3.8, 4) is 0 Å². The van der Waals surface area contributed by atoms with Crippen molar-refractivity contribution in [1.82, 2.24) is 10.3 Å². The highest BCUT2D eigenvalue weighted by Gasteiger charge is 2.10. The molecule has 1 heterocycles. The van der Waals surface area contributed by atoms with Crippen LogP contribution in [0.2, 0.25) is 0 Å². The van der Waals surface area contributed by atoms with Gasteiger partial charge in [0.05, 0.1) is 11.7 Å². The molecule has 0 aliphatic carbocycles. The van der Waals surface area contributed by atoms with E-state index in [1.165, 1.54) is 5.57 Å². The molecular formula is C12H17BrN2. The second-order valence-corrected chi connectivity index (χ2v) is 4.47. The van der Waals surface area contributed by atoms with Crippen LogP contribution in [0.5, 0.6) is 0 Å². The Morgan fingerprint density at radius 1 is 1.60 bits per heavy atom. The number of hydrogen-bond acceptors (Lipinski definition) is 2. The molecule has 1 atom stereocenters. The monoisotopic (exact) mass is 268 g/mol. The van der Waals surface area contributed by atoms with Crippen LogP contribution in [0.15, 0.2) is 35.0 Å². The fourth-order valence-corrected chi connectivity index (χ4v) is 1.62. The molecule has 0 spiro atoms. The highest BCUT2D eigenvalue weighted by molar-refractivity contribution is 9.10. The van der Waals surface area contributed by atoms with Gasteiger partial charge in [-0.3, -0.25) is 4.98 Å². The lowest BCUT2D eigenvalue weighted by atomic mass is 10.0. The lowest BCUT2D eigenvalue weighted by Gasteiger charge is -2.16. The first-order chi connectivity index (χ1) is 7.17. The summed E-state index contributed by atoms with van der Waals surface area (Å²) >= 11 is 3.38. The summed E-state index contributed by atoms with van der Waals surface area (Å²) in [7, 11) is 1.96. The van der Waals surface area contributed by atoms with E-state index < -0.39 is 0 Å². The Morgan fingerprint density at radius 3 is 2.80 bits per heavy atom. The molecule has 15 heavy (non-hydrogen) atoms. The normalized spacial score (nSPS) is 12.5. The SMILES string of the molecule is C=C(CC)CC(NC)c1ccc(Br)cn1. The van der Waals surface area contributed by atoms with Gasteiger partial charge < -0.3 is 5.32 Å². The number of halogens is 1. The van der Waals surface area contributed by atoms with E-state index in [0.29, 0.717) is 0 Å². The van der Waals surface area contributed by atoms with Crippen LogP contribution in [0.4, 0.5) is 0 Å². The summed E-state index contributed by atoms with van der Waals surface area (Å²) in [5, 5.41) is 3.26. The van der Waals surface area contributed by atoms with E-state index in [4.69, 9.17) is 0 Å². The van der Waals surface area contributed by atoms with Gasteiger partial charge in [-0.05, 0) is 48.0 Å². The van der Waals surface area contributed by atoms with Gasteiger partial charge in [-0.15, -0.1) is 0 Å². The topological polar surface area (TPSA) is 24.9 Å². The van der Waals surface area contributed by atoms with Crippen LogP contribution in [0.1, 0.15) is 31.5 Å². The summed E-state index contributed by atoms with van der Waals surface area (Å²) in [5.41, 5.74) is 2.31. The van der Waals surface area contributed by atoms with Crippen LogP contribution in [0.3, 0.4) is 0 Å². The number of nitrogens with zero attached hydrogens (tertiary/aromatic N) is 1. The van der Waals surface area contributed by atoms with E-state index in [9.17, 15) is 0 Å². The van der Waals surface area contributed by atoms with Crippen molar-refractivity contribution in [2.75, 3.05) is 7.05 Å². The number of pyridine rings is 1. The Kier molecular flexibility index (Phi) is 4.99. The van der Waals surface area contributed by atoms with Crippen molar-refractivity contribution in [3.05, 3.63) is 40.6 Å². The average Bonchev–Trinajstić information content (AvgIpc) is 2.27. The van der Waals surface area contributed by atoms with E-state index in [1.54, 1.807) is 0 Å². The molecule has 0 bridgehead atoms. The number of aromatic nitrogens is 1. The van der Waals surface area contributed by atoms with Crippen molar-refractivity contribution in [3.63, 3.8) is 0 Å². The second-order valence-electron chi connectivity index (χ2n) is 3.55. The fourth-order valence-electron chi connectivity index (χ4n) is 1.38. The van der Waals surface area contributed by atoms with Crippen LogP contribution in [0.25, 0.3) is 0 Å². The van der Waals surface area contributed by atoms with Crippen LogP contribution in [-0.4, -0.2) is 12.0 Å². The number of rotatable bonds is 5. The zero-order valence-corrected chi connectivity index (χ0v) is 10.8. The lowest BCUT2D eigenvalue weighted by molar-refractivity contribution is 0.567. The first kappa shape index (κ1) is 12.4. The third-order valence-electron chi connectivity index (χ3n) is 2.45. The Labute approximate surface area is 99.9 Å². The smallest absolute Gasteiger partial charge is 0.0577 e. The second kappa shape index (κ2) is 6.03. The molecule has 0 saturated carbocycles. The number of hydrogen-bond donors (Lipinski definition) is 1. The Hall–Kier alpha value is -0.670. The maximum absolute atomic E-state index is 4.39. The first-order valence-electron chi connectivity index (χ1n) is 5.12. The molecule has 0 amide bonds. The quantitative estimate of drug-likeness (QED) is 0.828. The molecule has 3 heteroatoms. The van der Waals surface area contributed by atoms with E-state index in [1.807, 2.05) is 25.4 Å². The van der Waals surface area contributed by atoms with Gasteiger partial charge in [0.25, 0.3) is 0 Å². The molecular weight excluding hydrogens is 252 g/mol. The first-order valence-corrected chi connectivity index (χ1v) is 5.92. The van der Waals surface area contributed by atoms with Crippen molar-refractivity contribution >= 4 is 15.9 Å². The van der Waals surface area contributed by atoms with E-state index in [-0.39, 0.29) is 6.04 Å². The van der Waals surface area contributed by atoms with Gasteiger partial charge in [0.15, 0.2) is 0 Å². The largest absolute Gasteiger partial charge is 0.311 e. The predicted molar refractivity (Wildman–Crippen MR) is 67.8 cm³/mol. The van der Waals surface area contributed by atoms with Gasteiger partial charge in [-0.1, -0.05) is 19.1 Å². The zero-order chi connectivity index (χ0) is 11.3. The van der Waals surface area contributed by atoms with Gasteiger partial charge in [0.2, 0.25) is 0 Å². The molecule has 0 fully saturated rings. The summed E-state index contributed by atoms with van der Waals surface area (Å²) < 4.78 is 1.01. The molecule has 0 saturated heterocycles. The number of nitrogens with one attached hydrogen (secondary N) is 1. The van der Waals surface area contributed by atoms with Crippen LogP contribution < -0.4 is 5.32 Å². The van der Waals surface area contributed by atoms with Gasteiger partial charge in [-0.25, -0.2) is 0 Å². The Bertz CT molecular complexity index is 319. The molecule has 0 aliphatic rings. The van der Waals surface area contributed by atoms with Crippen molar-refractivity contribution in [1.29, 1.82) is 0 Å². The van der Waals surface area contributed by atoms with Crippen LogP contribution in [-0.2, 0) is 0 Å². The summed E-state index contributed by atoms with van der Waals surface area (Å²) in [5.74, 6) is 0. The molecule has 0 aromatic carbocycles. The van der Waals surface area contributed by atoms with Crippen molar-refractivity contribution in [2.45, 2.75) is 25.8 Å². The average molecular weight is 269 g/mol. The molecule has 1 unspecified atom stereocenters. The Balaban J connectivity index is 2.74. The summed E-state index contributed by atoms with van der Waals surface area (Å²) in [6, 6.07) is 4.32. The Morgan fingerprint density at radius 2 is 2.33 bits per heavy atom. The van der Waals surface area contributed by atoms with Gasteiger partial charge in [0.1, 0.15) is 0 Å². The highest BCUT2D eigenvalue weighted by atomic mass is 79.9. The zero-order valence-electron chi connectivity index (χ0n) is 9.26. The van der Waals surface area contributed by atoms with Crippen LogP contribution in [0, 0.1) is 0 Å². The van der Waals surface area contributed by atoms with Gasteiger partial charge >= 0.3 is 0 Å². The molecule has 0 aliphatic heterocycles. The van der Waals surface area contributed by atoms with E-state index >= 15 is 0 Å². The molecule has 1 N–H and O–H groups in total. The summed E-state index contributed by atoms with van der Waals surface area (Å²) in [6.07, 6.45) is 3.80. The molecule has 82 valence electrons. The fraction of sp³-hybridized carbons (Fsp3) is 0.417. The molecule has 1 rings (SSSR count). The standard InChI is InChI=1S/C12H17BrN2/c1-4-9(2)7-12(14-3)11-6-5-10(13)8-15-11/h5-6,8,12,14H,2,4,7H2,1,3H3. The maximum Gasteiger partial charge on any atom is 0.0577 e. The molecule has 2 nitrogen and oxygen atoms in total. The van der Waals surface area contributed by atoms with Gasteiger partial charge in [-0.2, -0.15) is 0 Å². The van der Waals surface area contributed by atoms with Crippen molar-refractivity contribution < 1.29 is 0 Å². The van der Waals surface area contributed by atoms with E-state index in [2.05, 4.69) is 39.7 Å². The highest BCUT2D eigenvalue weighted by Crippen LogP contribution is 2.20. The minimum atomic E-state index is 0.269.